The topological polar surface area (TPSA) is 45.5 Å². The number of anilines is 1. The van der Waals surface area contributed by atoms with Crippen LogP contribution in [0.4, 0.5) is 5.95 Å². The van der Waals surface area contributed by atoms with Crippen molar-refractivity contribution in [1.29, 1.82) is 0 Å². The summed E-state index contributed by atoms with van der Waals surface area (Å²) in [6.45, 7) is 4.42. The molecule has 3 rings (SSSR count). The number of nitrogens with zero attached hydrogens (tertiary/aromatic N) is 4. The van der Waals surface area contributed by atoms with E-state index in [1.807, 2.05) is 18.3 Å². The summed E-state index contributed by atoms with van der Waals surface area (Å²) in [5, 5.41) is 7.74. The van der Waals surface area contributed by atoms with Crippen molar-refractivity contribution in [1.82, 2.24) is 19.5 Å². The molecule has 0 amide bonds. The second kappa shape index (κ2) is 6.54. The molecule has 2 aromatic rings. The predicted octanol–water partition coefficient (Wildman–Crippen LogP) is 2.78. The molecule has 108 valence electrons. The summed E-state index contributed by atoms with van der Waals surface area (Å²) < 4.78 is 2.76. The van der Waals surface area contributed by atoms with Crippen LogP contribution in [-0.2, 0) is 0 Å². The molecule has 5 nitrogen and oxygen atoms in total. The molecular formula is C14H20BrN5. The maximum atomic E-state index is 4.49. The maximum absolute atomic E-state index is 4.49. The van der Waals surface area contributed by atoms with E-state index in [1.54, 1.807) is 4.52 Å². The molecule has 1 N–H and O–H groups in total. The van der Waals surface area contributed by atoms with Gasteiger partial charge in [-0.25, -0.2) is 4.52 Å². The lowest BCUT2D eigenvalue weighted by Crippen LogP contribution is -2.30. The van der Waals surface area contributed by atoms with E-state index in [1.165, 1.54) is 38.8 Å². The summed E-state index contributed by atoms with van der Waals surface area (Å²) >= 11 is 3.49. The van der Waals surface area contributed by atoms with Crippen molar-refractivity contribution >= 4 is 27.5 Å². The van der Waals surface area contributed by atoms with Gasteiger partial charge in [-0.3, -0.25) is 0 Å². The summed E-state index contributed by atoms with van der Waals surface area (Å²) in [6, 6.07) is 3.93. The molecule has 3 heterocycles. The van der Waals surface area contributed by atoms with Gasteiger partial charge in [-0.1, -0.05) is 12.8 Å². The molecule has 0 unspecified atom stereocenters. The van der Waals surface area contributed by atoms with Gasteiger partial charge in [0.1, 0.15) is 0 Å². The normalized spacial score (nSPS) is 17.2. The van der Waals surface area contributed by atoms with E-state index < -0.39 is 0 Å². The lowest BCUT2D eigenvalue weighted by atomic mass is 10.2. The van der Waals surface area contributed by atoms with Crippen LogP contribution < -0.4 is 5.32 Å². The molecule has 6 heteroatoms. The number of nitrogens with one attached hydrogen (secondary N) is 1. The summed E-state index contributed by atoms with van der Waals surface area (Å²) in [4.78, 5) is 7.02. The molecule has 0 spiro atoms. The zero-order chi connectivity index (χ0) is 13.8. The second-order valence-electron chi connectivity index (χ2n) is 5.24. The van der Waals surface area contributed by atoms with Crippen molar-refractivity contribution in [2.75, 3.05) is 31.5 Å². The molecule has 1 saturated heterocycles. The SMILES string of the molecule is Brc1cccn2nc(NCCN3CCCCCC3)nc12. The quantitative estimate of drug-likeness (QED) is 0.931. The van der Waals surface area contributed by atoms with Gasteiger partial charge in [0.15, 0.2) is 5.65 Å². The number of halogens is 1. The van der Waals surface area contributed by atoms with Gasteiger partial charge >= 0.3 is 0 Å². The number of aromatic nitrogens is 3. The summed E-state index contributed by atoms with van der Waals surface area (Å²) in [5.74, 6) is 0.701. The summed E-state index contributed by atoms with van der Waals surface area (Å²) in [6.07, 6.45) is 7.34. The number of fused-ring (bicyclic) bond motifs is 1. The second-order valence-corrected chi connectivity index (χ2v) is 6.10. The Labute approximate surface area is 127 Å². The Morgan fingerprint density at radius 1 is 1.20 bits per heavy atom. The lowest BCUT2D eigenvalue weighted by Gasteiger charge is -2.19. The van der Waals surface area contributed by atoms with Crippen molar-refractivity contribution in [2.24, 2.45) is 0 Å². The smallest absolute Gasteiger partial charge is 0.243 e. The van der Waals surface area contributed by atoms with E-state index in [9.17, 15) is 0 Å². The zero-order valence-electron chi connectivity index (χ0n) is 11.6. The minimum Gasteiger partial charge on any atom is -0.352 e. The largest absolute Gasteiger partial charge is 0.352 e. The van der Waals surface area contributed by atoms with E-state index in [-0.39, 0.29) is 0 Å². The van der Waals surface area contributed by atoms with Crippen LogP contribution >= 0.6 is 15.9 Å². The standard InChI is InChI=1S/C14H20BrN5/c15-12-6-5-10-20-13(12)17-14(18-20)16-7-11-19-8-3-1-2-4-9-19/h5-6,10H,1-4,7-9,11H2,(H,16,18). The maximum Gasteiger partial charge on any atom is 0.243 e. The molecule has 0 saturated carbocycles. The Balaban J connectivity index is 1.55. The first-order valence-corrected chi connectivity index (χ1v) is 8.09. The monoisotopic (exact) mass is 337 g/mol. The fourth-order valence-electron chi connectivity index (χ4n) is 2.63. The summed E-state index contributed by atoms with van der Waals surface area (Å²) in [5.41, 5.74) is 0.852. The third-order valence-corrected chi connectivity index (χ3v) is 4.34. The van der Waals surface area contributed by atoms with E-state index in [4.69, 9.17) is 0 Å². The highest BCUT2D eigenvalue weighted by atomic mass is 79.9. The molecule has 0 atom stereocenters. The van der Waals surface area contributed by atoms with Crippen molar-refractivity contribution in [3.8, 4) is 0 Å². The fraction of sp³-hybridized carbons (Fsp3) is 0.571. The van der Waals surface area contributed by atoms with Crippen LogP contribution in [0.25, 0.3) is 5.65 Å². The minimum absolute atomic E-state index is 0.701. The minimum atomic E-state index is 0.701. The lowest BCUT2D eigenvalue weighted by molar-refractivity contribution is 0.296. The highest BCUT2D eigenvalue weighted by Gasteiger charge is 2.09. The van der Waals surface area contributed by atoms with Gasteiger partial charge in [0.05, 0.1) is 4.47 Å². The average Bonchev–Trinajstić information content (AvgIpc) is 2.69. The molecule has 1 aliphatic heterocycles. The van der Waals surface area contributed by atoms with Gasteiger partial charge in [-0.05, 0) is 54.0 Å². The van der Waals surface area contributed by atoms with Crippen molar-refractivity contribution in [3.63, 3.8) is 0 Å². The molecular weight excluding hydrogens is 318 g/mol. The number of hydrogen-bond donors (Lipinski definition) is 1. The van der Waals surface area contributed by atoms with E-state index in [0.29, 0.717) is 5.95 Å². The molecule has 2 aromatic heterocycles. The first kappa shape index (κ1) is 13.8. The molecule has 0 bridgehead atoms. The Morgan fingerprint density at radius 2 is 2.00 bits per heavy atom. The van der Waals surface area contributed by atoms with Gasteiger partial charge < -0.3 is 10.2 Å². The van der Waals surface area contributed by atoms with Gasteiger partial charge in [0, 0.05) is 19.3 Å². The first-order chi connectivity index (χ1) is 9.83. The van der Waals surface area contributed by atoms with E-state index in [2.05, 4.69) is 36.2 Å². The fourth-order valence-corrected chi connectivity index (χ4v) is 3.06. The Hall–Kier alpha value is -1.14. The zero-order valence-corrected chi connectivity index (χ0v) is 13.1. The van der Waals surface area contributed by atoms with Crippen LogP contribution in [0.5, 0.6) is 0 Å². The molecule has 1 fully saturated rings. The van der Waals surface area contributed by atoms with Crippen LogP contribution in [0, 0.1) is 0 Å². The first-order valence-electron chi connectivity index (χ1n) is 7.30. The molecule has 1 aliphatic rings. The van der Waals surface area contributed by atoms with Crippen molar-refractivity contribution < 1.29 is 0 Å². The highest BCUT2D eigenvalue weighted by molar-refractivity contribution is 9.10. The van der Waals surface area contributed by atoms with Crippen LogP contribution in [0.2, 0.25) is 0 Å². The number of rotatable bonds is 4. The highest BCUT2D eigenvalue weighted by Crippen LogP contribution is 2.16. The van der Waals surface area contributed by atoms with Crippen molar-refractivity contribution in [2.45, 2.75) is 25.7 Å². The van der Waals surface area contributed by atoms with Gasteiger partial charge in [-0.2, -0.15) is 4.98 Å². The van der Waals surface area contributed by atoms with Gasteiger partial charge in [0.25, 0.3) is 0 Å². The van der Waals surface area contributed by atoms with Crippen LogP contribution in [0.15, 0.2) is 22.8 Å². The average molecular weight is 338 g/mol. The molecule has 0 aliphatic carbocycles. The third kappa shape index (κ3) is 3.30. The predicted molar refractivity (Wildman–Crippen MR) is 84.1 cm³/mol. The van der Waals surface area contributed by atoms with Crippen molar-refractivity contribution in [3.05, 3.63) is 22.8 Å². The van der Waals surface area contributed by atoms with Gasteiger partial charge in [-0.15, -0.1) is 5.10 Å². The molecule has 20 heavy (non-hydrogen) atoms. The van der Waals surface area contributed by atoms with Crippen LogP contribution in [0.1, 0.15) is 25.7 Å². The number of hydrogen-bond acceptors (Lipinski definition) is 4. The van der Waals surface area contributed by atoms with E-state index in [0.717, 1.165) is 23.2 Å². The van der Waals surface area contributed by atoms with Gasteiger partial charge in [0.2, 0.25) is 5.95 Å². The van der Waals surface area contributed by atoms with E-state index >= 15 is 0 Å². The Morgan fingerprint density at radius 3 is 2.75 bits per heavy atom. The molecule has 0 aromatic carbocycles. The van der Waals surface area contributed by atoms with Crippen LogP contribution in [-0.4, -0.2) is 45.7 Å². The molecule has 0 radical (unpaired) electrons. The number of likely N-dealkylation sites (tertiary alicyclic amines) is 1. The Bertz CT molecular complexity index is 560. The summed E-state index contributed by atoms with van der Waals surface area (Å²) in [7, 11) is 0. The number of pyridine rings is 1. The van der Waals surface area contributed by atoms with Crippen LogP contribution in [0.3, 0.4) is 0 Å². The Kier molecular flexibility index (Phi) is 4.52. The third-order valence-electron chi connectivity index (χ3n) is 3.72.